The molecule has 0 aliphatic heterocycles. The van der Waals surface area contributed by atoms with Gasteiger partial charge in [0.25, 0.3) is 0 Å². The molecule has 0 unspecified atom stereocenters. The molecule has 1 heterocycles. The maximum absolute atomic E-state index is 6.06. The van der Waals surface area contributed by atoms with E-state index < -0.39 is 0 Å². The fourth-order valence-corrected chi connectivity index (χ4v) is 2.77. The molecule has 0 aromatic carbocycles. The topological polar surface area (TPSA) is 30.7 Å². The van der Waals surface area contributed by atoms with E-state index >= 15 is 0 Å². The van der Waals surface area contributed by atoms with E-state index in [4.69, 9.17) is 11.6 Å². The van der Waals surface area contributed by atoms with E-state index in [1.807, 2.05) is 0 Å². The van der Waals surface area contributed by atoms with Gasteiger partial charge in [0.15, 0.2) is 0 Å². The van der Waals surface area contributed by atoms with Crippen molar-refractivity contribution < 1.29 is 0 Å². The van der Waals surface area contributed by atoms with Crippen molar-refractivity contribution in [2.45, 2.75) is 58.4 Å². The van der Waals surface area contributed by atoms with Gasteiger partial charge < -0.3 is 4.57 Å². The zero-order valence-electron chi connectivity index (χ0n) is 9.95. The van der Waals surface area contributed by atoms with E-state index in [1.165, 1.54) is 32.1 Å². The Balaban J connectivity index is 1.93. The molecular weight excluding hydrogens is 222 g/mol. The van der Waals surface area contributed by atoms with Crippen molar-refractivity contribution in [2.75, 3.05) is 0 Å². The number of hydrogen-bond donors (Lipinski definition) is 0. The third kappa shape index (κ3) is 2.76. The molecule has 1 fully saturated rings. The van der Waals surface area contributed by atoms with Crippen molar-refractivity contribution in [3.8, 4) is 0 Å². The van der Waals surface area contributed by atoms with Crippen molar-refractivity contribution in [1.82, 2.24) is 14.8 Å². The first kappa shape index (κ1) is 11.9. The zero-order valence-corrected chi connectivity index (χ0v) is 10.7. The lowest BCUT2D eigenvalue weighted by molar-refractivity contribution is 0.451. The molecule has 4 heteroatoms. The van der Waals surface area contributed by atoms with E-state index in [1.54, 1.807) is 0 Å². The van der Waals surface area contributed by atoms with Crippen LogP contribution in [0.3, 0.4) is 0 Å². The molecule has 0 saturated heterocycles. The van der Waals surface area contributed by atoms with Crippen LogP contribution in [0.1, 0.15) is 51.3 Å². The lowest BCUT2D eigenvalue weighted by atomic mass is 10.0. The summed E-state index contributed by atoms with van der Waals surface area (Å²) in [7, 11) is 0. The molecule has 0 radical (unpaired) electrons. The highest BCUT2D eigenvalue weighted by molar-refractivity contribution is 6.28. The Hall–Kier alpha value is -0.570. The third-order valence-electron chi connectivity index (χ3n) is 3.49. The van der Waals surface area contributed by atoms with Crippen molar-refractivity contribution in [2.24, 2.45) is 5.92 Å². The van der Waals surface area contributed by atoms with Gasteiger partial charge in [0, 0.05) is 13.0 Å². The Bertz CT molecular complexity index is 329. The molecule has 1 saturated carbocycles. The fourth-order valence-electron chi connectivity index (χ4n) is 2.55. The lowest BCUT2D eigenvalue weighted by Crippen LogP contribution is -2.07. The lowest BCUT2D eigenvalue weighted by Gasteiger charge is -2.11. The summed E-state index contributed by atoms with van der Waals surface area (Å²) in [5.41, 5.74) is 0. The Morgan fingerprint density at radius 3 is 2.75 bits per heavy atom. The van der Waals surface area contributed by atoms with Crippen LogP contribution in [-0.4, -0.2) is 14.8 Å². The molecule has 0 bridgehead atoms. The molecule has 1 aromatic rings. The average molecular weight is 242 g/mol. The molecule has 90 valence electrons. The maximum atomic E-state index is 6.06. The summed E-state index contributed by atoms with van der Waals surface area (Å²) >= 11 is 6.06. The number of rotatable bonds is 5. The van der Waals surface area contributed by atoms with Gasteiger partial charge in [-0.2, -0.15) is 0 Å². The quantitative estimate of drug-likeness (QED) is 0.791. The first-order chi connectivity index (χ1) is 7.81. The van der Waals surface area contributed by atoms with E-state index in [2.05, 4.69) is 21.7 Å². The van der Waals surface area contributed by atoms with Crippen LogP contribution in [0.5, 0.6) is 0 Å². The highest BCUT2D eigenvalue weighted by atomic mass is 35.5. The number of aromatic nitrogens is 3. The Kier molecular flexibility index (Phi) is 4.22. The monoisotopic (exact) mass is 241 g/mol. The van der Waals surface area contributed by atoms with Crippen molar-refractivity contribution in [1.29, 1.82) is 0 Å². The van der Waals surface area contributed by atoms with Gasteiger partial charge in [-0.15, -0.1) is 10.2 Å². The molecule has 16 heavy (non-hydrogen) atoms. The fraction of sp³-hybridized carbons (Fsp3) is 0.833. The van der Waals surface area contributed by atoms with Crippen LogP contribution in [0.25, 0.3) is 0 Å². The van der Waals surface area contributed by atoms with E-state index in [0.717, 1.165) is 31.1 Å². The van der Waals surface area contributed by atoms with Crippen LogP contribution < -0.4 is 0 Å². The molecule has 1 aliphatic rings. The van der Waals surface area contributed by atoms with Crippen LogP contribution in [0.2, 0.25) is 5.28 Å². The molecule has 0 spiro atoms. The largest absolute Gasteiger partial charge is 0.302 e. The van der Waals surface area contributed by atoms with Crippen LogP contribution >= 0.6 is 11.6 Å². The predicted octanol–water partition coefficient (Wildman–Crippen LogP) is 3.46. The molecule has 0 amide bonds. The number of aryl methyl sites for hydroxylation is 1. The van der Waals surface area contributed by atoms with Gasteiger partial charge in [-0.3, -0.25) is 0 Å². The summed E-state index contributed by atoms with van der Waals surface area (Å²) < 4.78 is 2.09. The van der Waals surface area contributed by atoms with Crippen molar-refractivity contribution in [3.05, 3.63) is 11.1 Å². The second-order valence-corrected chi connectivity index (χ2v) is 5.06. The summed E-state index contributed by atoms with van der Waals surface area (Å²) in [6, 6.07) is 0. The molecule has 1 aromatic heterocycles. The maximum Gasteiger partial charge on any atom is 0.225 e. The molecule has 2 rings (SSSR count). The minimum absolute atomic E-state index is 0.557. The second-order valence-electron chi connectivity index (χ2n) is 4.73. The van der Waals surface area contributed by atoms with Gasteiger partial charge in [0.2, 0.25) is 5.28 Å². The highest BCUT2D eigenvalue weighted by Gasteiger charge is 2.16. The van der Waals surface area contributed by atoms with Crippen LogP contribution in [0, 0.1) is 5.92 Å². The van der Waals surface area contributed by atoms with Gasteiger partial charge in [-0.05, 0) is 30.4 Å². The molecule has 0 N–H and O–H groups in total. The SMILES string of the molecule is CCCc1nnc(Cl)n1CCC1CCCC1. The number of nitrogens with zero attached hydrogens (tertiary/aromatic N) is 3. The smallest absolute Gasteiger partial charge is 0.225 e. The highest BCUT2D eigenvalue weighted by Crippen LogP contribution is 2.28. The van der Waals surface area contributed by atoms with Gasteiger partial charge in [0.1, 0.15) is 5.82 Å². The minimum Gasteiger partial charge on any atom is -0.302 e. The van der Waals surface area contributed by atoms with Gasteiger partial charge >= 0.3 is 0 Å². The molecule has 1 aliphatic carbocycles. The Labute approximate surface area is 102 Å². The summed E-state index contributed by atoms with van der Waals surface area (Å²) in [6.07, 6.45) is 8.90. The summed E-state index contributed by atoms with van der Waals surface area (Å²) in [5, 5.41) is 8.65. The first-order valence-electron chi connectivity index (χ1n) is 6.39. The Morgan fingerprint density at radius 2 is 2.06 bits per heavy atom. The summed E-state index contributed by atoms with van der Waals surface area (Å²) in [6.45, 7) is 3.15. The standard InChI is InChI=1S/C12H20ClN3/c1-2-5-11-14-15-12(13)16(11)9-8-10-6-3-4-7-10/h10H,2-9H2,1H3. The third-order valence-corrected chi connectivity index (χ3v) is 3.77. The van der Waals surface area contributed by atoms with Crippen molar-refractivity contribution in [3.63, 3.8) is 0 Å². The Morgan fingerprint density at radius 1 is 1.31 bits per heavy atom. The second kappa shape index (κ2) is 5.67. The van der Waals surface area contributed by atoms with Gasteiger partial charge in [0.05, 0.1) is 0 Å². The zero-order chi connectivity index (χ0) is 11.4. The number of halogens is 1. The van der Waals surface area contributed by atoms with Gasteiger partial charge in [-0.1, -0.05) is 32.6 Å². The normalized spacial score (nSPS) is 17.1. The predicted molar refractivity (Wildman–Crippen MR) is 65.6 cm³/mol. The number of hydrogen-bond acceptors (Lipinski definition) is 2. The minimum atomic E-state index is 0.557. The van der Waals surface area contributed by atoms with Crippen molar-refractivity contribution >= 4 is 11.6 Å². The molecular formula is C12H20ClN3. The summed E-state index contributed by atoms with van der Waals surface area (Å²) in [4.78, 5) is 0. The first-order valence-corrected chi connectivity index (χ1v) is 6.76. The van der Waals surface area contributed by atoms with Crippen LogP contribution in [0.4, 0.5) is 0 Å². The van der Waals surface area contributed by atoms with E-state index in [0.29, 0.717) is 5.28 Å². The van der Waals surface area contributed by atoms with E-state index in [9.17, 15) is 0 Å². The average Bonchev–Trinajstić information content (AvgIpc) is 2.88. The summed E-state index contributed by atoms with van der Waals surface area (Å²) in [5.74, 6) is 1.94. The van der Waals surface area contributed by atoms with E-state index in [-0.39, 0.29) is 0 Å². The molecule has 3 nitrogen and oxygen atoms in total. The van der Waals surface area contributed by atoms with Crippen LogP contribution in [-0.2, 0) is 13.0 Å². The van der Waals surface area contributed by atoms with Gasteiger partial charge in [-0.25, -0.2) is 0 Å². The molecule has 0 atom stereocenters. The van der Waals surface area contributed by atoms with Crippen LogP contribution in [0.15, 0.2) is 0 Å².